The number of nitrogens with zero attached hydrogens (tertiary/aromatic N) is 1. The standard InChI is InChI=1S/C12H23NO3/c1-3-15-8-6-13(2)9-12(10-14)5-4-7-16-11-12/h10H,3-9,11H2,1-2H3. The van der Waals surface area contributed by atoms with Crippen LogP contribution in [0.25, 0.3) is 0 Å². The second-order valence-corrected chi connectivity index (χ2v) is 4.57. The number of aldehydes is 1. The van der Waals surface area contributed by atoms with Gasteiger partial charge < -0.3 is 19.2 Å². The minimum Gasteiger partial charge on any atom is -0.380 e. The molecule has 1 saturated heterocycles. The Bertz CT molecular complexity index is 202. The van der Waals surface area contributed by atoms with Crippen molar-refractivity contribution >= 4 is 6.29 Å². The fourth-order valence-corrected chi connectivity index (χ4v) is 2.11. The van der Waals surface area contributed by atoms with Crippen LogP contribution in [0.4, 0.5) is 0 Å². The predicted molar refractivity (Wildman–Crippen MR) is 62.5 cm³/mol. The second kappa shape index (κ2) is 6.99. The largest absolute Gasteiger partial charge is 0.380 e. The number of hydrogen-bond acceptors (Lipinski definition) is 4. The Kier molecular flexibility index (Phi) is 5.95. The lowest BCUT2D eigenvalue weighted by atomic mass is 9.83. The van der Waals surface area contributed by atoms with Crippen LogP contribution >= 0.6 is 0 Å². The monoisotopic (exact) mass is 229 g/mol. The molecule has 1 aliphatic heterocycles. The van der Waals surface area contributed by atoms with Gasteiger partial charge in [0.2, 0.25) is 0 Å². The number of ether oxygens (including phenoxy) is 2. The second-order valence-electron chi connectivity index (χ2n) is 4.57. The van der Waals surface area contributed by atoms with Crippen molar-refractivity contribution in [1.29, 1.82) is 0 Å². The van der Waals surface area contributed by atoms with Crippen LogP contribution in [0.5, 0.6) is 0 Å². The van der Waals surface area contributed by atoms with Gasteiger partial charge in [-0.1, -0.05) is 0 Å². The molecule has 1 atom stereocenters. The van der Waals surface area contributed by atoms with E-state index in [2.05, 4.69) is 4.90 Å². The fraction of sp³-hybridized carbons (Fsp3) is 0.917. The third kappa shape index (κ3) is 4.20. The summed E-state index contributed by atoms with van der Waals surface area (Å²) >= 11 is 0. The summed E-state index contributed by atoms with van der Waals surface area (Å²) in [5, 5.41) is 0. The first-order valence-electron chi connectivity index (χ1n) is 6.03. The van der Waals surface area contributed by atoms with Gasteiger partial charge in [0, 0.05) is 26.3 Å². The molecule has 0 amide bonds. The Hall–Kier alpha value is -0.450. The first kappa shape index (κ1) is 13.6. The molecule has 94 valence electrons. The average molecular weight is 229 g/mol. The van der Waals surface area contributed by atoms with Gasteiger partial charge >= 0.3 is 0 Å². The number of rotatable bonds is 7. The number of carbonyl (C=O) groups excluding carboxylic acids is 1. The summed E-state index contributed by atoms with van der Waals surface area (Å²) in [7, 11) is 2.03. The normalized spacial score (nSPS) is 25.9. The lowest BCUT2D eigenvalue weighted by Crippen LogP contribution is -2.43. The SMILES string of the molecule is CCOCCN(C)CC1(C=O)CCCOC1. The van der Waals surface area contributed by atoms with E-state index in [0.29, 0.717) is 6.61 Å². The van der Waals surface area contributed by atoms with Gasteiger partial charge in [0.1, 0.15) is 6.29 Å². The van der Waals surface area contributed by atoms with E-state index < -0.39 is 0 Å². The molecule has 4 nitrogen and oxygen atoms in total. The van der Waals surface area contributed by atoms with Crippen molar-refractivity contribution in [3.8, 4) is 0 Å². The molecule has 1 unspecified atom stereocenters. The van der Waals surface area contributed by atoms with Gasteiger partial charge in [-0.3, -0.25) is 0 Å². The van der Waals surface area contributed by atoms with Crippen LogP contribution in [0.3, 0.4) is 0 Å². The molecule has 0 radical (unpaired) electrons. The van der Waals surface area contributed by atoms with Crippen molar-refractivity contribution in [2.24, 2.45) is 5.41 Å². The molecular weight excluding hydrogens is 206 g/mol. The van der Waals surface area contributed by atoms with Crippen LogP contribution < -0.4 is 0 Å². The van der Waals surface area contributed by atoms with Crippen LogP contribution in [0, 0.1) is 5.41 Å². The Labute approximate surface area is 97.9 Å². The van der Waals surface area contributed by atoms with E-state index in [0.717, 1.165) is 52.0 Å². The van der Waals surface area contributed by atoms with E-state index in [1.807, 2.05) is 14.0 Å². The molecule has 0 aromatic rings. The summed E-state index contributed by atoms with van der Waals surface area (Å²) in [4.78, 5) is 13.4. The zero-order chi connectivity index (χ0) is 11.9. The van der Waals surface area contributed by atoms with Crippen LogP contribution in [0.2, 0.25) is 0 Å². The molecule has 0 aliphatic carbocycles. The fourth-order valence-electron chi connectivity index (χ4n) is 2.11. The van der Waals surface area contributed by atoms with E-state index >= 15 is 0 Å². The maximum Gasteiger partial charge on any atom is 0.129 e. The predicted octanol–water partition coefficient (Wildman–Crippen LogP) is 0.950. The van der Waals surface area contributed by atoms with E-state index in [1.165, 1.54) is 0 Å². The van der Waals surface area contributed by atoms with Crippen molar-refractivity contribution in [3.05, 3.63) is 0 Å². The van der Waals surface area contributed by atoms with Crippen LogP contribution in [0.15, 0.2) is 0 Å². The molecule has 0 bridgehead atoms. The molecule has 0 saturated carbocycles. The van der Waals surface area contributed by atoms with Crippen LogP contribution in [-0.4, -0.2) is 57.8 Å². The molecule has 0 N–H and O–H groups in total. The van der Waals surface area contributed by atoms with E-state index in [-0.39, 0.29) is 5.41 Å². The highest BCUT2D eigenvalue weighted by molar-refractivity contribution is 5.60. The van der Waals surface area contributed by atoms with E-state index in [4.69, 9.17) is 9.47 Å². The van der Waals surface area contributed by atoms with Crippen LogP contribution in [-0.2, 0) is 14.3 Å². The van der Waals surface area contributed by atoms with Gasteiger partial charge in [-0.25, -0.2) is 0 Å². The quantitative estimate of drug-likeness (QED) is 0.481. The third-order valence-electron chi connectivity index (χ3n) is 3.01. The smallest absolute Gasteiger partial charge is 0.129 e. The van der Waals surface area contributed by atoms with Gasteiger partial charge in [0.25, 0.3) is 0 Å². The minimum absolute atomic E-state index is 0.292. The van der Waals surface area contributed by atoms with Gasteiger partial charge in [-0.15, -0.1) is 0 Å². The van der Waals surface area contributed by atoms with Gasteiger partial charge in [0.15, 0.2) is 0 Å². The number of hydrogen-bond donors (Lipinski definition) is 0. The molecule has 1 aliphatic rings. The number of carbonyl (C=O) groups is 1. The molecule has 16 heavy (non-hydrogen) atoms. The van der Waals surface area contributed by atoms with Crippen molar-refractivity contribution in [2.75, 3.05) is 46.6 Å². The van der Waals surface area contributed by atoms with Gasteiger partial charge in [-0.05, 0) is 26.8 Å². The lowest BCUT2D eigenvalue weighted by molar-refractivity contribution is -0.125. The molecule has 4 heteroatoms. The van der Waals surface area contributed by atoms with E-state index in [1.54, 1.807) is 0 Å². The Morgan fingerprint density at radius 2 is 2.38 bits per heavy atom. The van der Waals surface area contributed by atoms with Crippen molar-refractivity contribution in [1.82, 2.24) is 4.90 Å². The van der Waals surface area contributed by atoms with Crippen molar-refractivity contribution < 1.29 is 14.3 Å². The highest BCUT2D eigenvalue weighted by atomic mass is 16.5. The average Bonchev–Trinajstić information content (AvgIpc) is 2.30. The summed E-state index contributed by atoms with van der Waals surface area (Å²) in [6.45, 7) is 6.45. The van der Waals surface area contributed by atoms with Crippen molar-refractivity contribution in [3.63, 3.8) is 0 Å². The maximum absolute atomic E-state index is 11.2. The maximum atomic E-state index is 11.2. The molecule has 0 aromatic heterocycles. The molecule has 0 spiro atoms. The van der Waals surface area contributed by atoms with Gasteiger partial charge in [-0.2, -0.15) is 0 Å². The Morgan fingerprint density at radius 1 is 1.56 bits per heavy atom. The van der Waals surface area contributed by atoms with E-state index in [9.17, 15) is 4.79 Å². The zero-order valence-corrected chi connectivity index (χ0v) is 10.4. The Morgan fingerprint density at radius 3 is 2.94 bits per heavy atom. The lowest BCUT2D eigenvalue weighted by Gasteiger charge is -2.35. The highest BCUT2D eigenvalue weighted by Gasteiger charge is 2.33. The summed E-state index contributed by atoms with van der Waals surface area (Å²) < 4.78 is 10.7. The summed E-state index contributed by atoms with van der Waals surface area (Å²) in [6, 6.07) is 0. The molecule has 1 rings (SSSR count). The minimum atomic E-state index is -0.292. The molecule has 1 heterocycles. The first-order valence-corrected chi connectivity index (χ1v) is 6.03. The summed E-state index contributed by atoms with van der Waals surface area (Å²) in [6.07, 6.45) is 3.00. The highest BCUT2D eigenvalue weighted by Crippen LogP contribution is 2.26. The summed E-state index contributed by atoms with van der Waals surface area (Å²) in [5.74, 6) is 0. The van der Waals surface area contributed by atoms with Crippen molar-refractivity contribution in [2.45, 2.75) is 19.8 Å². The van der Waals surface area contributed by atoms with Crippen LogP contribution in [0.1, 0.15) is 19.8 Å². The molecule has 1 fully saturated rings. The van der Waals surface area contributed by atoms with Gasteiger partial charge in [0.05, 0.1) is 18.6 Å². The topological polar surface area (TPSA) is 38.8 Å². The Balaban J connectivity index is 2.33. The molecular formula is C12H23NO3. The number of likely N-dealkylation sites (N-methyl/N-ethyl adjacent to an activating group) is 1. The first-order chi connectivity index (χ1) is 7.72. The third-order valence-corrected chi connectivity index (χ3v) is 3.01. The molecule has 0 aromatic carbocycles. The zero-order valence-electron chi connectivity index (χ0n) is 10.4. The summed E-state index contributed by atoms with van der Waals surface area (Å²) in [5.41, 5.74) is -0.292.